The van der Waals surface area contributed by atoms with E-state index in [4.69, 9.17) is 14.2 Å². The number of carbonyl (C=O) groups excluding carboxylic acids is 3. The lowest BCUT2D eigenvalue weighted by atomic mass is 10.1. The molecule has 0 saturated heterocycles. The van der Waals surface area contributed by atoms with Crippen LogP contribution in [0.15, 0.2) is 23.1 Å². The molecule has 0 aliphatic heterocycles. The molecule has 2 aromatic heterocycles. The zero-order valence-electron chi connectivity index (χ0n) is 15.9. The first-order valence-corrected chi connectivity index (χ1v) is 9.07. The molecular weight excluding hydrogens is 388 g/mol. The van der Waals surface area contributed by atoms with Crippen LogP contribution in [-0.4, -0.2) is 43.2 Å². The Morgan fingerprint density at radius 1 is 1.18 bits per heavy atom. The van der Waals surface area contributed by atoms with E-state index in [2.05, 4.69) is 5.32 Å². The SMILES string of the molecule is CCOc1cccn(CC(=O)Nc2sc(C(=O)OC)c(C)c2C(=O)OC)c1=O. The maximum atomic E-state index is 12.5. The predicted octanol–water partition coefficient (Wildman–Crippen LogP) is 1.83. The van der Waals surface area contributed by atoms with Crippen LogP contribution in [-0.2, 0) is 20.8 Å². The topological polar surface area (TPSA) is 113 Å². The number of hydrogen-bond acceptors (Lipinski definition) is 8. The maximum absolute atomic E-state index is 12.5. The molecule has 1 N–H and O–H groups in total. The quantitative estimate of drug-likeness (QED) is 0.696. The van der Waals surface area contributed by atoms with Crippen LogP contribution in [0.4, 0.5) is 5.00 Å². The molecular formula is C18H20N2O7S. The molecule has 0 aliphatic carbocycles. The highest BCUT2D eigenvalue weighted by atomic mass is 32.1. The van der Waals surface area contributed by atoms with Gasteiger partial charge in [0.2, 0.25) is 5.91 Å². The molecule has 0 fully saturated rings. The van der Waals surface area contributed by atoms with E-state index in [1.807, 2.05) is 0 Å². The summed E-state index contributed by atoms with van der Waals surface area (Å²) in [5.74, 6) is -1.75. The van der Waals surface area contributed by atoms with E-state index in [0.717, 1.165) is 11.3 Å². The van der Waals surface area contributed by atoms with E-state index in [1.165, 1.54) is 31.0 Å². The first-order valence-electron chi connectivity index (χ1n) is 8.26. The Kier molecular flexibility index (Phi) is 6.94. The number of esters is 2. The molecule has 2 aromatic rings. The smallest absolute Gasteiger partial charge is 0.348 e. The monoisotopic (exact) mass is 408 g/mol. The lowest BCUT2D eigenvalue weighted by Crippen LogP contribution is -2.28. The summed E-state index contributed by atoms with van der Waals surface area (Å²) < 4.78 is 15.8. The number of carbonyl (C=O) groups is 3. The van der Waals surface area contributed by atoms with Crippen LogP contribution >= 0.6 is 11.3 Å². The van der Waals surface area contributed by atoms with E-state index in [0.29, 0.717) is 12.2 Å². The third kappa shape index (κ3) is 4.39. The van der Waals surface area contributed by atoms with Gasteiger partial charge in [-0.3, -0.25) is 9.59 Å². The van der Waals surface area contributed by atoms with E-state index in [9.17, 15) is 19.2 Å². The molecule has 9 nitrogen and oxygen atoms in total. The van der Waals surface area contributed by atoms with Gasteiger partial charge in [-0.05, 0) is 31.5 Å². The van der Waals surface area contributed by atoms with Crippen LogP contribution in [0.3, 0.4) is 0 Å². The van der Waals surface area contributed by atoms with Crippen molar-refractivity contribution >= 4 is 34.2 Å². The molecule has 0 spiro atoms. The van der Waals surface area contributed by atoms with E-state index in [-0.39, 0.29) is 27.7 Å². The summed E-state index contributed by atoms with van der Waals surface area (Å²) >= 11 is 0.897. The molecule has 150 valence electrons. The largest absolute Gasteiger partial charge is 0.488 e. The Morgan fingerprint density at radius 3 is 2.46 bits per heavy atom. The first kappa shape index (κ1) is 21.2. The second-order valence-corrected chi connectivity index (χ2v) is 6.55. The molecule has 0 saturated carbocycles. The minimum atomic E-state index is -0.699. The van der Waals surface area contributed by atoms with Crippen molar-refractivity contribution in [2.24, 2.45) is 0 Å². The zero-order chi connectivity index (χ0) is 20.8. The third-order valence-corrected chi connectivity index (χ3v) is 4.95. The average molecular weight is 408 g/mol. The van der Waals surface area contributed by atoms with Gasteiger partial charge >= 0.3 is 11.9 Å². The minimum Gasteiger partial charge on any atom is -0.488 e. The Morgan fingerprint density at radius 2 is 1.86 bits per heavy atom. The van der Waals surface area contributed by atoms with Gasteiger partial charge in [-0.15, -0.1) is 11.3 Å². The second kappa shape index (κ2) is 9.18. The molecule has 0 bridgehead atoms. The molecule has 0 aromatic carbocycles. The molecule has 10 heteroatoms. The van der Waals surface area contributed by atoms with E-state index >= 15 is 0 Å². The van der Waals surface area contributed by atoms with Crippen LogP contribution in [0.5, 0.6) is 5.75 Å². The predicted molar refractivity (Wildman–Crippen MR) is 102 cm³/mol. The molecule has 1 amide bonds. The van der Waals surface area contributed by atoms with Gasteiger partial charge in [0.25, 0.3) is 5.56 Å². The van der Waals surface area contributed by atoms with Gasteiger partial charge in [-0.1, -0.05) is 0 Å². The number of anilines is 1. The van der Waals surface area contributed by atoms with Crippen LogP contribution in [0.25, 0.3) is 0 Å². The Balaban J connectivity index is 2.31. The van der Waals surface area contributed by atoms with Crippen molar-refractivity contribution in [3.63, 3.8) is 0 Å². The summed E-state index contributed by atoms with van der Waals surface area (Å²) in [6, 6.07) is 3.10. The summed E-state index contributed by atoms with van der Waals surface area (Å²) in [7, 11) is 2.41. The average Bonchev–Trinajstić information content (AvgIpc) is 2.99. The number of nitrogens with one attached hydrogen (secondary N) is 1. The number of thiophene rings is 1. The lowest BCUT2D eigenvalue weighted by Gasteiger charge is -2.09. The number of methoxy groups -OCH3 is 2. The number of rotatable bonds is 7. The Bertz CT molecular complexity index is 961. The Hall–Kier alpha value is -3.14. The number of amides is 1. The molecule has 2 heterocycles. The first-order chi connectivity index (χ1) is 13.3. The normalized spacial score (nSPS) is 10.3. The van der Waals surface area contributed by atoms with Gasteiger partial charge < -0.3 is 24.1 Å². The lowest BCUT2D eigenvalue weighted by molar-refractivity contribution is -0.116. The van der Waals surface area contributed by atoms with Crippen LogP contribution in [0, 0.1) is 6.92 Å². The molecule has 2 rings (SSSR count). The van der Waals surface area contributed by atoms with Crippen molar-refractivity contribution in [2.45, 2.75) is 20.4 Å². The molecule has 28 heavy (non-hydrogen) atoms. The molecule has 0 atom stereocenters. The molecule has 0 aliphatic rings. The highest BCUT2D eigenvalue weighted by molar-refractivity contribution is 7.18. The minimum absolute atomic E-state index is 0.0664. The van der Waals surface area contributed by atoms with Crippen molar-refractivity contribution in [3.8, 4) is 5.75 Å². The van der Waals surface area contributed by atoms with Gasteiger partial charge in [0.15, 0.2) is 5.75 Å². The number of nitrogens with zero attached hydrogens (tertiary/aromatic N) is 1. The van der Waals surface area contributed by atoms with Crippen molar-refractivity contribution in [1.82, 2.24) is 4.57 Å². The molecule has 0 radical (unpaired) electrons. The fraction of sp³-hybridized carbons (Fsp3) is 0.333. The third-order valence-electron chi connectivity index (χ3n) is 3.76. The van der Waals surface area contributed by atoms with E-state index < -0.39 is 23.4 Å². The number of ether oxygens (including phenoxy) is 3. The van der Waals surface area contributed by atoms with Crippen LogP contribution in [0.1, 0.15) is 32.5 Å². The summed E-state index contributed by atoms with van der Waals surface area (Å²) in [6.07, 6.45) is 1.45. The standard InChI is InChI=1S/C18H20N2O7S/c1-5-27-11-7-6-8-20(16(11)22)9-12(21)19-15-13(17(23)25-3)10(2)14(28-15)18(24)26-4/h6-8H,5,9H2,1-4H3,(H,19,21). The van der Waals surface area contributed by atoms with Crippen LogP contribution < -0.4 is 15.6 Å². The highest BCUT2D eigenvalue weighted by Gasteiger charge is 2.26. The number of hydrogen-bond donors (Lipinski definition) is 1. The summed E-state index contributed by atoms with van der Waals surface area (Å²) in [5.41, 5.74) is -0.0449. The fourth-order valence-electron chi connectivity index (χ4n) is 2.46. The maximum Gasteiger partial charge on any atom is 0.348 e. The van der Waals surface area contributed by atoms with Gasteiger partial charge in [0.05, 0.1) is 26.4 Å². The van der Waals surface area contributed by atoms with Crippen LogP contribution in [0.2, 0.25) is 0 Å². The van der Waals surface area contributed by atoms with Crippen molar-refractivity contribution in [1.29, 1.82) is 0 Å². The van der Waals surface area contributed by atoms with Crippen molar-refractivity contribution in [2.75, 3.05) is 26.1 Å². The van der Waals surface area contributed by atoms with Gasteiger partial charge in [0, 0.05) is 6.20 Å². The van der Waals surface area contributed by atoms with Crippen molar-refractivity contribution in [3.05, 3.63) is 44.7 Å². The number of pyridine rings is 1. The van der Waals surface area contributed by atoms with Gasteiger partial charge in [-0.2, -0.15) is 0 Å². The summed E-state index contributed by atoms with van der Waals surface area (Å²) in [6.45, 7) is 3.32. The van der Waals surface area contributed by atoms with Crippen molar-refractivity contribution < 1.29 is 28.6 Å². The fourth-order valence-corrected chi connectivity index (χ4v) is 3.59. The van der Waals surface area contributed by atoms with Gasteiger partial charge in [-0.25, -0.2) is 9.59 Å². The number of aromatic nitrogens is 1. The second-order valence-electron chi connectivity index (χ2n) is 5.53. The highest BCUT2D eigenvalue weighted by Crippen LogP contribution is 2.34. The van der Waals surface area contributed by atoms with Gasteiger partial charge in [0.1, 0.15) is 16.4 Å². The Labute approximate surface area is 164 Å². The zero-order valence-corrected chi connectivity index (χ0v) is 16.7. The molecule has 0 unspecified atom stereocenters. The summed E-state index contributed by atoms with van der Waals surface area (Å²) in [4.78, 5) is 48.9. The van der Waals surface area contributed by atoms with E-state index in [1.54, 1.807) is 19.9 Å². The summed E-state index contributed by atoms with van der Waals surface area (Å²) in [5, 5.41) is 2.71.